The van der Waals surface area contributed by atoms with E-state index in [1.165, 1.54) is 16.6 Å². The van der Waals surface area contributed by atoms with Gasteiger partial charge in [-0.15, -0.1) is 0 Å². The van der Waals surface area contributed by atoms with Crippen molar-refractivity contribution in [2.75, 3.05) is 13.6 Å². The normalized spacial score (nSPS) is 11.3. The number of pyridine rings is 1. The third-order valence-electron chi connectivity index (χ3n) is 3.06. The van der Waals surface area contributed by atoms with Crippen LogP contribution in [0.4, 0.5) is 0 Å². The number of aromatic nitrogens is 1. The summed E-state index contributed by atoms with van der Waals surface area (Å²) in [5.74, 6) is 0.519. The van der Waals surface area contributed by atoms with Gasteiger partial charge in [-0.3, -0.25) is 4.98 Å². The molecule has 17 heavy (non-hydrogen) atoms. The van der Waals surface area contributed by atoms with E-state index in [-0.39, 0.29) is 0 Å². The second-order valence-corrected chi connectivity index (χ2v) is 4.73. The fourth-order valence-corrected chi connectivity index (χ4v) is 2.07. The molecule has 2 heteroatoms. The zero-order valence-corrected chi connectivity index (χ0v) is 10.8. The maximum Gasteiger partial charge on any atom is 0.0739 e. The molecule has 1 aromatic carbocycles. The SMILES string of the molecule is CNCCc1ccc2cccc(C(C)C)c2n1. The minimum Gasteiger partial charge on any atom is -0.319 e. The maximum absolute atomic E-state index is 4.79. The van der Waals surface area contributed by atoms with Crippen molar-refractivity contribution < 1.29 is 0 Å². The van der Waals surface area contributed by atoms with Crippen LogP contribution in [0.3, 0.4) is 0 Å². The van der Waals surface area contributed by atoms with Crippen molar-refractivity contribution in [2.24, 2.45) is 0 Å². The molecule has 0 radical (unpaired) electrons. The smallest absolute Gasteiger partial charge is 0.0739 e. The minimum atomic E-state index is 0.519. The average Bonchev–Trinajstić information content (AvgIpc) is 2.35. The highest BCUT2D eigenvalue weighted by Gasteiger charge is 2.06. The van der Waals surface area contributed by atoms with Gasteiger partial charge in [0.25, 0.3) is 0 Å². The molecule has 0 fully saturated rings. The molecule has 0 aliphatic heterocycles. The van der Waals surface area contributed by atoms with Gasteiger partial charge in [-0.25, -0.2) is 0 Å². The van der Waals surface area contributed by atoms with Gasteiger partial charge in [0.05, 0.1) is 5.52 Å². The Hall–Kier alpha value is -1.41. The number of hydrogen-bond acceptors (Lipinski definition) is 2. The van der Waals surface area contributed by atoms with E-state index in [0.717, 1.165) is 18.5 Å². The average molecular weight is 228 g/mol. The van der Waals surface area contributed by atoms with Crippen LogP contribution in [0.25, 0.3) is 10.9 Å². The number of benzene rings is 1. The van der Waals surface area contributed by atoms with E-state index in [2.05, 4.69) is 49.5 Å². The maximum atomic E-state index is 4.79. The first kappa shape index (κ1) is 12.1. The molecule has 0 saturated heterocycles. The minimum absolute atomic E-state index is 0.519. The van der Waals surface area contributed by atoms with Crippen molar-refractivity contribution in [1.82, 2.24) is 10.3 Å². The molecular formula is C15H20N2. The quantitative estimate of drug-likeness (QED) is 0.869. The molecule has 2 rings (SSSR count). The van der Waals surface area contributed by atoms with Crippen LogP contribution in [-0.4, -0.2) is 18.6 Å². The zero-order chi connectivity index (χ0) is 12.3. The van der Waals surface area contributed by atoms with E-state index in [0.29, 0.717) is 5.92 Å². The van der Waals surface area contributed by atoms with Gasteiger partial charge in [-0.1, -0.05) is 38.1 Å². The predicted molar refractivity (Wildman–Crippen MR) is 73.5 cm³/mol. The fourth-order valence-electron chi connectivity index (χ4n) is 2.07. The lowest BCUT2D eigenvalue weighted by Gasteiger charge is -2.10. The Balaban J connectivity index is 2.46. The van der Waals surface area contributed by atoms with E-state index < -0.39 is 0 Å². The molecule has 0 aliphatic rings. The number of rotatable bonds is 4. The summed E-state index contributed by atoms with van der Waals surface area (Å²) in [6.45, 7) is 5.41. The first-order valence-electron chi connectivity index (χ1n) is 6.25. The monoisotopic (exact) mass is 228 g/mol. The first-order chi connectivity index (χ1) is 8.22. The first-order valence-corrected chi connectivity index (χ1v) is 6.25. The number of nitrogens with one attached hydrogen (secondary N) is 1. The molecule has 0 saturated carbocycles. The number of hydrogen-bond donors (Lipinski definition) is 1. The lowest BCUT2D eigenvalue weighted by Crippen LogP contribution is -2.11. The van der Waals surface area contributed by atoms with Crippen LogP contribution in [-0.2, 0) is 6.42 Å². The Morgan fingerprint density at radius 2 is 2.00 bits per heavy atom. The number of para-hydroxylation sites is 1. The molecule has 0 unspecified atom stereocenters. The van der Waals surface area contributed by atoms with Gasteiger partial charge in [0.1, 0.15) is 0 Å². The van der Waals surface area contributed by atoms with Crippen LogP contribution in [0.5, 0.6) is 0 Å². The van der Waals surface area contributed by atoms with Gasteiger partial charge in [-0.2, -0.15) is 0 Å². The second kappa shape index (κ2) is 5.28. The zero-order valence-electron chi connectivity index (χ0n) is 10.8. The fraction of sp³-hybridized carbons (Fsp3) is 0.400. The summed E-state index contributed by atoms with van der Waals surface area (Å²) >= 11 is 0. The standard InChI is InChI=1S/C15H20N2/c1-11(2)14-6-4-5-12-7-8-13(9-10-16-3)17-15(12)14/h4-8,11,16H,9-10H2,1-3H3. The summed E-state index contributed by atoms with van der Waals surface area (Å²) in [7, 11) is 1.97. The molecule has 90 valence electrons. The Morgan fingerprint density at radius 1 is 1.18 bits per heavy atom. The molecule has 0 spiro atoms. The van der Waals surface area contributed by atoms with Gasteiger partial charge in [0.15, 0.2) is 0 Å². The molecule has 0 aliphatic carbocycles. The van der Waals surface area contributed by atoms with Gasteiger partial charge in [-0.05, 0) is 24.6 Å². The summed E-state index contributed by atoms with van der Waals surface area (Å²) in [5, 5.41) is 4.40. The van der Waals surface area contributed by atoms with Crippen LogP contribution >= 0.6 is 0 Å². The van der Waals surface area contributed by atoms with Crippen molar-refractivity contribution in [3.63, 3.8) is 0 Å². The molecular weight excluding hydrogens is 208 g/mol. The molecule has 0 atom stereocenters. The third-order valence-corrected chi connectivity index (χ3v) is 3.06. The highest BCUT2D eigenvalue weighted by molar-refractivity contribution is 5.82. The van der Waals surface area contributed by atoms with E-state index in [4.69, 9.17) is 4.98 Å². The highest BCUT2D eigenvalue weighted by atomic mass is 14.8. The molecule has 0 bridgehead atoms. The summed E-state index contributed by atoms with van der Waals surface area (Å²) in [6, 6.07) is 10.7. The summed E-state index contributed by atoms with van der Waals surface area (Å²) in [4.78, 5) is 4.79. The second-order valence-electron chi connectivity index (χ2n) is 4.73. The van der Waals surface area contributed by atoms with Crippen molar-refractivity contribution in [2.45, 2.75) is 26.2 Å². The van der Waals surface area contributed by atoms with Gasteiger partial charge >= 0.3 is 0 Å². The molecule has 1 heterocycles. The van der Waals surface area contributed by atoms with Crippen LogP contribution < -0.4 is 5.32 Å². The topological polar surface area (TPSA) is 24.9 Å². The van der Waals surface area contributed by atoms with E-state index in [1.807, 2.05) is 7.05 Å². The third kappa shape index (κ3) is 2.64. The lowest BCUT2D eigenvalue weighted by atomic mass is 9.99. The largest absolute Gasteiger partial charge is 0.319 e. The number of likely N-dealkylation sites (N-methyl/N-ethyl adjacent to an activating group) is 1. The van der Waals surface area contributed by atoms with Crippen LogP contribution in [0.2, 0.25) is 0 Å². The Bertz CT molecular complexity index is 503. The van der Waals surface area contributed by atoms with E-state index in [1.54, 1.807) is 0 Å². The predicted octanol–water partition coefficient (Wildman–Crippen LogP) is 3.12. The van der Waals surface area contributed by atoms with E-state index in [9.17, 15) is 0 Å². The van der Waals surface area contributed by atoms with Crippen molar-refractivity contribution in [3.8, 4) is 0 Å². The number of fused-ring (bicyclic) bond motifs is 1. The highest BCUT2D eigenvalue weighted by Crippen LogP contribution is 2.23. The van der Waals surface area contributed by atoms with Gasteiger partial charge < -0.3 is 5.32 Å². The number of nitrogens with zero attached hydrogens (tertiary/aromatic N) is 1. The van der Waals surface area contributed by atoms with Crippen molar-refractivity contribution in [3.05, 3.63) is 41.6 Å². The molecule has 1 aromatic heterocycles. The molecule has 0 amide bonds. The summed E-state index contributed by atoms with van der Waals surface area (Å²) in [6.07, 6.45) is 0.985. The Kier molecular flexibility index (Phi) is 3.75. The Labute approximate surface area is 103 Å². The summed E-state index contributed by atoms with van der Waals surface area (Å²) in [5.41, 5.74) is 3.67. The Morgan fingerprint density at radius 3 is 2.71 bits per heavy atom. The van der Waals surface area contributed by atoms with Crippen molar-refractivity contribution >= 4 is 10.9 Å². The van der Waals surface area contributed by atoms with Crippen molar-refractivity contribution in [1.29, 1.82) is 0 Å². The summed E-state index contributed by atoms with van der Waals surface area (Å²) < 4.78 is 0. The lowest BCUT2D eigenvalue weighted by molar-refractivity contribution is 0.778. The van der Waals surface area contributed by atoms with Gasteiger partial charge in [0, 0.05) is 24.0 Å². The van der Waals surface area contributed by atoms with Crippen LogP contribution in [0.1, 0.15) is 31.0 Å². The van der Waals surface area contributed by atoms with E-state index >= 15 is 0 Å². The molecule has 2 aromatic rings. The molecule has 2 nitrogen and oxygen atoms in total. The van der Waals surface area contributed by atoms with Crippen LogP contribution in [0.15, 0.2) is 30.3 Å². The molecule has 1 N–H and O–H groups in total. The van der Waals surface area contributed by atoms with Gasteiger partial charge in [0.2, 0.25) is 0 Å². The van der Waals surface area contributed by atoms with Crippen LogP contribution in [0, 0.1) is 0 Å².